The van der Waals surface area contributed by atoms with Gasteiger partial charge in [0.2, 0.25) is 17.7 Å². The molecule has 0 unspecified atom stereocenters. The van der Waals surface area contributed by atoms with E-state index in [2.05, 4.69) is 10.1 Å². The second-order valence-corrected chi connectivity index (χ2v) is 4.44. The number of nitrogens with zero attached hydrogens (tertiary/aromatic N) is 3. The molecule has 0 bridgehead atoms. The van der Waals surface area contributed by atoms with Crippen molar-refractivity contribution in [1.29, 1.82) is 0 Å². The van der Waals surface area contributed by atoms with E-state index >= 15 is 0 Å². The Bertz CT molecular complexity index is 806. The Balaban J connectivity index is 2.13. The number of carbonyl (C=O) groups excluding carboxylic acids is 1. The average molecular weight is 355 g/mol. The van der Waals surface area contributed by atoms with Gasteiger partial charge in [-0.2, -0.15) is 31.3 Å². The fourth-order valence-electron chi connectivity index (χ4n) is 1.59. The molecule has 0 aliphatic heterocycles. The first-order chi connectivity index (χ1) is 11.0. The van der Waals surface area contributed by atoms with Crippen LogP contribution in [0.5, 0.6) is 0 Å². The molecule has 0 atom stereocenters. The van der Waals surface area contributed by atoms with Crippen LogP contribution in [0.2, 0.25) is 0 Å². The molecule has 0 radical (unpaired) electrons. The fourth-order valence-corrected chi connectivity index (χ4v) is 1.59. The summed E-state index contributed by atoms with van der Waals surface area (Å²) in [6.07, 6.45) is -9.12. The van der Waals surface area contributed by atoms with Crippen molar-refractivity contribution in [3.8, 4) is 0 Å². The van der Waals surface area contributed by atoms with Crippen LogP contribution in [0.25, 0.3) is 0 Å². The number of carbonyl (C=O) groups is 1. The van der Waals surface area contributed by atoms with Crippen molar-refractivity contribution in [3.05, 3.63) is 40.1 Å². The van der Waals surface area contributed by atoms with Gasteiger partial charge in [-0.15, -0.1) is 5.10 Å². The molecule has 13 heteroatoms. The monoisotopic (exact) mass is 355 g/mol. The van der Waals surface area contributed by atoms with E-state index in [1.54, 1.807) is 0 Å². The van der Waals surface area contributed by atoms with Crippen LogP contribution < -0.4 is 10.9 Å². The van der Waals surface area contributed by atoms with Crippen molar-refractivity contribution >= 4 is 11.9 Å². The summed E-state index contributed by atoms with van der Waals surface area (Å²) < 4.78 is 75.0. The van der Waals surface area contributed by atoms with Crippen LogP contribution in [0.1, 0.15) is 11.4 Å². The van der Waals surface area contributed by atoms with Gasteiger partial charge >= 0.3 is 12.4 Å². The number of nitrogens with one attached hydrogen (secondary N) is 2. The molecule has 2 N–H and O–H groups in total. The normalized spacial score (nSPS) is 12.2. The molecule has 7 nitrogen and oxygen atoms in total. The molecule has 2 aromatic rings. The molecule has 0 aliphatic carbocycles. The minimum Gasteiger partial charge on any atom is -0.305 e. The molecule has 24 heavy (non-hydrogen) atoms. The number of rotatable bonds is 3. The third-order valence-electron chi connectivity index (χ3n) is 2.63. The summed E-state index contributed by atoms with van der Waals surface area (Å²) in [5.41, 5.74) is -2.06. The summed E-state index contributed by atoms with van der Waals surface area (Å²) in [7, 11) is 0. The van der Waals surface area contributed by atoms with Crippen molar-refractivity contribution in [2.75, 3.05) is 5.32 Å². The maximum atomic E-state index is 12.6. The number of alkyl halides is 6. The van der Waals surface area contributed by atoms with Crippen LogP contribution in [-0.2, 0) is 23.7 Å². The van der Waals surface area contributed by atoms with Crippen molar-refractivity contribution in [2.45, 2.75) is 18.9 Å². The molecule has 1 amide bonds. The third kappa shape index (κ3) is 4.11. The number of anilines is 1. The lowest BCUT2D eigenvalue weighted by atomic mass is 10.3. The highest BCUT2D eigenvalue weighted by Gasteiger charge is 2.35. The smallest absolute Gasteiger partial charge is 0.305 e. The van der Waals surface area contributed by atoms with E-state index in [-0.39, 0.29) is 0 Å². The Labute approximate surface area is 128 Å². The highest BCUT2D eigenvalue weighted by Crippen LogP contribution is 2.28. The lowest BCUT2D eigenvalue weighted by Gasteiger charge is -2.10. The van der Waals surface area contributed by atoms with Crippen LogP contribution in [-0.4, -0.2) is 25.7 Å². The standard InChI is InChI=1S/C11H7F6N5O2/c12-10(13,14)5-1-2-7(24)22(3-5)4-6(23)18-9-19-8(20-21-9)11(15,16)17/h1-3H,4H2,(H2,18,19,20,21,23). The van der Waals surface area contributed by atoms with E-state index in [1.807, 2.05) is 5.32 Å². The predicted octanol–water partition coefficient (Wildman–Crippen LogP) is 1.64. The minimum atomic E-state index is -4.81. The lowest BCUT2D eigenvalue weighted by Crippen LogP contribution is -2.28. The quantitative estimate of drug-likeness (QED) is 0.819. The number of pyridine rings is 1. The topological polar surface area (TPSA) is 92.7 Å². The van der Waals surface area contributed by atoms with Crippen molar-refractivity contribution < 1.29 is 31.1 Å². The number of hydrogen-bond acceptors (Lipinski definition) is 4. The predicted molar refractivity (Wildman–Crippen MR) is 65.7 cm³/mol. The van der Waals surface area contributed by atoms with Gasteiger partial charge in [0.25, 0.3) is 5.56 Å². The van der Waals surface area contributed by atoms with Crippen molar-refractivity contribution in [3.63, 3.8) is 0 Å². The number of halogens is 6. The Kier molecular flexibility index (Phi) is 4.36. The lowest BCUT2D eigenvalue weighted by molar-refractivity contribution is -0.144. The Morgan fingerprint density at radius 3 is 2.38 bits per heavy atom. The molecule has 2 heterocycles. The Hall–Kier alpha value is -2.86. The first-order valence-electron chi connectivity index (χ1n) is 6.04. The van der Waals surface area contributed by atoms with Gasteiger partial charge in [-0.05, 0) is 6.07 Å². The minimum absolute atomic E-state index is 0.418. The van der Waals surface area contributed by atoms with Crippen LogP contribution in [0.15, 0.2) is 23.1 Å². The van der Waals surface area contributed by atoms with E-state index < -0.39 is 47.7 Å². The third-order valence-corrected chi connectivity index (χ3v) is 2.63. The van der Waals surface area contributed by atoms with Crippen LogP contribution in [0.4, 0.5) is 32.3 Å². The molecular formula is C11H7F6N5O2. The van der Waals surface area contributed by atoms with E-state index in [0.29, 0.717) is 22.9 Å². The molecule has 130 valence electrons. The maximum absolute atomic E-state index is 12.6. The second-order valence-electron chi connectivity index (χ2n) is 4.44. The van der Waals surface area contributed by atoms with Gasteiger partial charge < -0.3 is 4.57 Å². The molecular weight excluding hydrogens is 348 g/mol. The zero-order valence-electron chi connectivity index (χ0n) is 11.4. The molecule has 0 aliphatic rings. The molecule has 0 fully saturated rings. The van der Waals surface area contributed by atoms with Gasteiger partial charge in [-0.25, -0.2) is 0 Å². The van der Waals surface area contributed by atoms with E-state index in [1.165, 1.54) is 5.10 Å². The van der Waals surface area contributed by atoms with E-state index in [4.69, 9.17) is 0 Å². The highest BCUT2D eigenvalue weighted by molar-refractivity contribution is 5.88. The SMILES string of the molecule is O=C(Cn1cc(C(F)(F)F)ccc1=O)Nc1n[nH]c(C(F)(F)F)n1. The zero-order valence-corrected chi connectivity index (χ0v) is 11.4. The summed E-state index contributed by atoms with van der Waals surface area (Å²) >= 11 is 0. The summed E-state index contributed by atoms with van der Waals surface area (Å²) in [6.45, 7) is -0.862. The maximum Gasteiger partial charge on any atom is 0.451 e. The number of H-pyrrole nitrogens is 1. The molecule has 2 aromatic heterocycles. The van der Waals surface area contributed by atoms with E-state index in [0.717, 1.165) is 0 Å². The zero-order chi connectivity index (χ0) is 18.1. The Morgan fingerprint density at radius 1 is 1.17 bits per heavy atom. The second kappa shape index (κ2) is 5.98. The average Bonchev–Trinajstić information content (AvgIpc) is 2.88. The van der Waals surface area contributed by atoms with Gasteiger partial charge in [-0.1, -0.05) is 0 Å². The van der Waals surface area contributed by atoms with Crippen LogP contribution in [0.3, 0.4) is 0 Å². The molecule has 0 aromatic carbocycles. The number of amides is 1. The number of hydrogen-bond donors (Lipinski definition) is 2. The van der Waals surface area contributed by atoms with Crippen molar-refractivity contribution in [1.82, 2.24) is 19.7 Å². The van der Waals surface area contributed by atoms with Gasteiger partial charge in [-0.3, -0.25) is 20.0 Å². The van der Waals surface area contributed by atoms with Gasteiger partial charge in [0.05, 0.1) is 5.56 Å². The largest absolute Gasteiger partial charge is 0.451 e. The van der Waals surface area contributed by atoms with Crippen molar-refractivity contribution in [2.24, 2.45) is 0 Å². The number of aromatic nitrogens is 4. The van der Waals surface area contributed by atoms with E-state index in [9.17, 15) is 35.9 Å². The van der Waals surface area contributed by atoms with Gasteiger partial charge in [0.1, 0.15) is 6.54 Å². The van der Waals surface area contributed by atoms with Gasteiger partial charge in [0, 0.05) is 12.3 Å². The van der Waals surface area contributed by atoms with Gasteiger partial charge in [0.15, 0.2) is 0 Å². The highest BCUT2D eigenvalue weighted by atomic mass is 19.4. The summed E-state index contributed by atoms with van der Waals surface area (Å²) in [5.74, 6) is -3.27. The molecule has 2 rings (SSSR count). The summed E-state index contributed by atoms with van der Waals surface area (Å²) in [4.78, 5) is 26.0. The van der Waals surface area contributed by atoms with Crippen LogP contribution in [0, 0.1) is 0 Å². The first kappa shape index (κ1) is 17.5. The molecule has 0 spiro atoms. The Morgan fingerprint density at radius 2 is 1.83 bits per heavy atom. The molecule has 0 saturated carbocycles. The number of aromatic amines is 1. The first-order valence-corrected chi connectivity index (χ1v) is 6.04. The van der Waals surface area contributed by atoms with Crippen LogP contribution >= 0.6 is 0 Å². The fraction of sp³-hybridized carbons (Fsp3) is 0.273. The molecule has 0 saturated heterocycles. The summed E-state index contributed by atoms with van der Waals surface area (Å²) in [5, 5.41) is 6.46. The summed E-state index contributed by atoms with van der Waals surface area (Å²) in [6, 6.07) is 1.16.